The topological polar surface area (TPSA) is 79.8 Å². The van der Waals surface area contributed by atoms with Crippen LogP contribution in [-0.4, -0.2) is 61.7 Å². The van der Waals surface area contributed by atoms with Crippen LogP contribution < -0.4 is 10.6 Å². The summed E-state index contributed by atoms with van der Waals surface area (Å²) in [5, 5.41) is 16.0. The molecule has 0 unspecified atom stereocenters. The van der Waals surface area contributed by atoms with Crippen molar-refractivity contribution in [2.24, 2.45) is 0 Å². The molecule has 0 aliphatic carbocycles. The summed E-state index contributed by atoms with van der Waals surface area (Å²) >= 11 is 0. The lowest BCUT2D eigenvalue weighted by Gasteiger charge is -2.38. The summed E-state index contributed by atoms with van der Waals surface area (Å²) in [6, 6.07) is 10.3. The molecule has 2 heterocycles. The fourth-order valence-corrected chi connectivity index (χ4v) is 3.44. The molecular formula is C19H28N2O4. The Morgan fingerprint density at radius 2 is 2.08 bits per heavy atom. The zero-order valence-corrected chi connectivity index (χ0v) is 14.5. The van der Waals surface area contributed by atoms with Gasteiger partial charge in [0.25, 0.3) is 0 Å². The number of nitrogens with one attached hydrogen (secondary N) is 2. The highest BCUT2D eigenvalue weighted by Gasteiger charge is 2.33. The fourth-order valence-electron chi connectivity index (χ4n) is 3.44. The first kappa shape index (κ1) is 18.3. The Balaban J connectivity index is 1.39. The van der Waals surface area contributed by atoms with Gasteiger partial charge in [0.05, 0.1) is 37.9 Å². The van der Waals surface area contributed by atoms with Gasteiger partial charge in [0, 0.05) is 19.1 Å². The number of rotatable bonds is 5. The van der Waals surface area contributed by atoms with Gasteiger partial charge in [-0.25, -0.2) is 0 Å². The molecule has 0 radical (unpaired) electrons. The second kappa shape index (κ2) is 9.29. The van der Waals surface area contributed by atoms with Gasteiger partial charge in [0.2, 0.25) is 5.91 Å². The predicted octanol–water partition coefficient (Wildman–Crippen LogP) is 0.632. The molecule has 138 valence electrons. The molecule has 2 fully saturated rings. The van der Waals surface area contributed by atoms with Gasteiger partial charge in [-0.1, -0.05) is 30.3 Å². The fraction of sp³-hybridized carbons (Fsp3) is 0.632. The Labute approximate surface area is 148 Å². The molecule has 6 nitrogen and oxygen atoms in total. The highest BCUT2D eigenvalue weighted by Crippen LogP contribution is 2.23. The van der Waals surface area contributed by atoms with E-state index in [1.165, 1.54) is 5.56 Å². The molecule has 0 saturated carbocycles. The van der Waals surface area contributed by atoms with E-state index >= 15 is 0 Å². The first-order chi connectivity index (χ1) is 12.2. The molecule has 1 aromatic carbocycles. The van der Waals surface area contributed by atoms with Gasteiger partial charge in [-0.3, -0.25) is 4.79 Å². The number of hydrogen-bond acceptors (Lipinski definition) is 5. The number of amides is 1. The minimum absolute atomic E-state index is 0.0366. The Morgan fingerprint density at radius 3 is 2.92 bits per heavy atom. The number of aliphatic hydroxyl groups excluding tert-OH is 1. The largest absolute Gasteiger partial charge is 0.389 e. The molecule has 3 N–H and O–H groups in total. The molecule has 0 aromatic heterocycles. The number of β-amino-alcohol motifs (C(OH)–C–C–N with tert-alkyl or cyclic N) is 1. The second-order valence-corrected chi connectivity index (χ2v) is 6.87. The Bertz CT molecular complexity index is 539. The number of benzene rings is 1. The number of ether oxygens (including phenoxy) is 2. The molecule has 2 aliphatic heterocycles. The summed E-state index contributed by atoms with van der Waals surface area (Å²) in [7, 11) is 0. The Hall–Kier alpha value is -1.47. The zero-order valence-electron chi connectivity index (χ0n) is 14.5. The third-order valence-corrected chi connectivity index (χ3v) is 4.82. The first-order valence-electron chi connectivity index (χ1n) is 9.16. The molecule has 3 rings (SSSR count). The van der Waals surface area contributed by atoms with E-state index in [0.717, 1.165) is 19.3 Å². The van der Waals surface area contributed by atoms with Crippen LogP contribution in [0.2, 0.25) is 0 Å². The molecule has 2 saturated heterocycles. The third kappa shape index (κ3) is 5.78. The lowest BCUT2D eigenvalue weighted by atomic mass is 9.96. The average Bonchev–Trinajstić information content (AvgIpc) is 2.60. The van der Waals surface area contributed by atoms with Crippen molar-refractivity contribution in [1.29, 1.82) is 0 Å². The molecule has 25 heavy (non-hydrogen) atoms. The maximum absolute atomic E-state index is 12.2. The maximum atomic E-state index is 12.2. The van der Waals surface area contributed by atoms with Gasteiger partial charge in [0.15, 0.2) is 0 Å². The smallest absolute Gasteiger partial charge is 0.222 e. The quantitative estimate of drug-likeness (QED) is 0.727. The summed E-state index contributed by atoms with van der Waals surface area (Å²) in [6.07, 6.45) is 2.42. The van der Waals surface area contributed by atoms with E-state index in [1.807, 2.05) is 18.2 Å². The van der Waals surface area contributed by atoms with Gasteiger partial charge < -0.3 is 25.2 Å². The first-order valence-corrected chi connectivity index (χ1v) is 9.16. The molecule has 2 aliphatic rings. The van der Waals surface area contributed by atoms with Crippen molar-refractivity contribution in [2.75, 3.05) is 26.3 Å². The summed E-state index contributed by atoms with van der Waals surface area (Å²) in [5.74, 6) is 0.0366. The Morgan fingerprint density at radius 1 is 1.24 bits per heavy atom. The molecule has 4 atom stereocenters. The van der Waals surface area contributed by atoms with Crippen LogP contribution in [0.4, 0.5) is 0 Å². The van der Waals surface area contributed by atoms with E-state index in [4.69, 9.17) is 9.47 Å². The van der Waals surface area contributed by atoms with Crippen LogP contribution in [0.25, 0.3) is 0 Å². The van der Waals surface area contributed by atoms with E-state index in [9.17, 15) is 9.90 Å². The van der Waals surface area contributed by atoms with E-state index in [2.05, 4.69) is 22.8 Å². The molecule has 6 heteroatoms. The van der Waals surface area contributed by atoms with Gasteiger partial charge >= 0.3 is 0 Å². The normalized spacial score (nSPS) is 30.0. The van der Waals surface area contributed by atoms with Crippen LogP contribution in [-0.2, 0) is 20.7 Å². The minimum Gasteiger partial charge on any atom is -0.389 e. The van der Waals surface area contributed by atoms with Gasteiger partial charge in [-0.15, -0.1) is 0 Å². The molecular weight excluding hydrogens is 320 g/mol. The Kier molecular flexibility index (Phi) is 6.81. The van der Waals surface area contributed by atoms with Crippen LogP contribution in [0, 0.1) is 0 Å². The number of fused-ring (bicyclic) bond motifs is 1. The maximum Gasteiger partial charge on any atom is 0.222 e. The van der Waals surface area contributed by atoms with Crippen LogP contribution in [0.1, 0.15) is 24.8 Å². The number of carbonyl (C=O) groups excluding carboxylic acids is 1. The molecule has 0 bridgehead atoms. The van der Waals surface area contributed by atoms with Gasteiger partial charge in [-0.05, 0) is 24.8 Å². The molecule has 1 amide bonds. The predicted molar refractivity (Wildman–Crippen MR) is 94.3 cm³/mol. The lowest BCUT2D eigenvalue weighted by Crippen LogP contribution is -2.53. The van der Waals surface area contributed by atoms with Crippen LogP contribution in [0.3, 0.4) is 0 Å². The lowest BCUT2D eigenvalue weighted by molar-refractivity contribution is -0.137. The standard InChI is InChI=1S/C19H28N2O4/c22-15-11-21-17-7-6-16(25-18(17)13-24-12-15)10-19(23)20-9-8-14-4-2-1-3-5-14/h1-5,15-18,21-22H,6-13H2,(H,20,23)/t15-,16+,17+,18-/m0/s1. The summed E-state index contributed by atoms with van der Waals surface area (Å²) in [5.41, 5.74) is 1.22. The van der Waals surface area contributed by atoms with Gasteiger partial charge in [0.1, 0.15) is 0 Å². The summed E-state index contributed by atoms with van der Waals surface area (Å²) in [4.78, 5) is 12.2. The van der Waals surface area contributed by atoms with Crippen molar-refractivity contribution < 1.29 is 19.4 Å². The van der Waals surface area contributed by atoms with Crippen LogP contribution in [0.5, 0.6) is 0 Å². The van der Waals surface area contributed by atoms with Crippen molar-refractivity contribution >= 4 is 5.91 Å². The molecule has 0 spiro atoms. The number of hydrogen-bond donors (Lipinski definition) is 3. The third-order valence-electron chi connectivity index (χ3n) is 4.82. The van der Waals surface area contributed by atoms with E-state index in [0.29, 0.717) is 32.7 Å². The minimum atomic E-state index is -0.464. The average molecular weight is 348 g/mol. The second-order valence-electron chi connectivity index (χ2n) is 6.87. The molecule has 1 aromatic rings. The van der Waals surface area contributed by atoms with Crippen molar-refractivity contribution in [3.8, 4) is 0 Å². The van der Waals surface area contributed by atoms with E-state index in [-0.39, 0.29) is 24.2 Å². The van der Waals surface area contributed by atoms with E-state index in [1.54, 1.807) is 0 Å². The number of carbonyl (C=O) groups is 1. The van der Waals surface area contributed by atoms with Crippen molar-refractivity contribution in [3.05, 3.63) is 35.9 Å². The van der Waals surface area contributed by atoms with Crippen molar-refractivity contribution in [2.45, 2.75) is 50.0 Å². The van der Waals surface area contributed by atoms with Crippen molar-refractivity contribution in [3.63, 3.8) is 0 Å². The number of aliphatic hydroxyl groups is 1. The summed E-state index contributed by atoms with van der Waals surface area (Å²) < 4.78 is 11.6. The van der Waals surface area contributed by atoms with Crippen molar-refractivity contribution in [1.82, 2.24) is 10.6 Å². The highest BCUT2D eigenvalue weighted by atomic mass is 16.5. The van der Waals surface area contributed by atoms with Crippen LogP contribution >= 0.6 is 0 Å². The van der Waals surface area contributed by atoms with Crippen LogP contribution in [0.15, 0.2) is 30.3 Å². The van der Waals surface area contributed by atoms with Gasteiger partial charge in [-0.2, -0.15) is 0 Å². The van der Waals surface area contributed by atoms with E-state index < -0.39 is 6.10 Å². The zero-order chi connectivity index (χ0) is 17.5. The SMILES string of the molecule is O=C(C[C@H]1CC[C@H]2NC[C@H](O)COC[C@@H]2O1)NCCc1ccccc1. The monoisotopic (exact) mass is 348 g/mol. The summed E-state index contributed by atoms with van der Waals surface area (Å²) in [6.45, 7) is 1.95. The highest BCUT2D eigenvalue weighted by molar-refractivity contribution is 5.76.